The van der Waals surface area contributed by atoms with E-state index in [2.05, 4.69) is 0 Å². The van der Waals surface area contributed by atoms with Crippen LogP contribution in [0.2, 0.25) is 0 Å². The van der Waals surface area contributed by atoms with E-state index < -0.39 is 16.1 Å². The molecule has 1 amide bonds. The van der Waals surface area contributed by atoms with Crippen LogP contribution in [-0.4, -0.2) is 65.8 Å². The zero-order valence-corrected chi connectivity index (χ0v) is 17.8. The lowest BCUT2D eigenvalue weighted by molar-refractivity contribution is -0.133. The van der Waals surface area contributed by atoms with Crippen molar-refractivity contribution in [3.8, 4) is 11.1 Å². The molecule has 148 valence electrons. The summed E-state index contributed by atoms with van der Waals surface area (Å²) in [6.45, 7) is 1.39. The van der Waals surface area contributed by atoms with Crippen molar-refractivity contribution < 1.29 is 13.2 Å². The van der Waals surface area contributed by atoms with Gasteiger partial charge in [-0.1, -0.05) is 48.5 Å². The number of hydrogen-bond donors (Lipinski definition) is 0. The summed E-state index contributed by atoms with van der Waals surface area (Å²) in [5.74, 6) is 2.58. The fraction of sp³-hybridized carbons (Fsp3) is 0.350. The van der Waals surface area contributed by atoms with E-state index in [0.717, 1.165) is 17.1 Å². The smallest absolute Gasteiger partial charge is 0.245 e. The molecule has 0 saturated carbocycles. The molecule has 2 aliphatic heterocycles. The Bertz CT molecular complexity index is 944. The van der Waals surface area contributed by atoms with Crippen LogP contribution in [0.3, 0.4) is 0 Å². The molecule has 2 saturated heterocycles. The summed E-state index contributed by atoms with van der Waals surface area (Å²) in [6, 6.07) is 15.9. The number of hydrogen-bond acceptors (Lipinski definition) is 5. The third kappa shape index (κ3) is 3.83. The average molecular weight is 435 g/mol. The topological polar surface area (TPSA) is 57.7 Å². The molecule has 2 aromatic carbocycles. The molecule has 0 N–H and O–H groups in total. The van der Waals surface area contributed by atoms with Crippen molar-refractivity contribution in [1.29, 1.82) is 0 Å². The molecule has 2 aromatic rings. The molecule has 5 nitrogen and oxygen atoms in total. The molecule has 0 bridgehead atoms. The fourth-order valence-corrected chi connectivity index (χ4v) is 7.78. The second-order valence-electron chi connectivity index (χ2n) is 6.71. The number of nitrogens with zero attached hydrogens (tertiary/aromatic N) is 2. The number of amides is 1. The Labute approximate surface area is 174 Å². The van der Waals surface area contributed by atoms with Gasteiger partial charge in [0.05, 0.1) is 10.8 Å². The van der Waals surface area contributed by atoms with Gasteiger partial charge in [-0.3, -0.25) is 4.79 Å². The molecular weight excluding hydrogens is 412 g/mol. The fourth-order valence-electron chi connectivity index (χ4n) is 3.53. The first kappa shape index (κ1) is 19.8. The minimum Gasteiger partial charge on any atom is -0.340 e. The third-order valence-electron chi connectivity index (χ3n) is 5.01. The van der Waals surface area contributed by atoms with Crippen molar-refractivity contribution in [2.45, 2.75) is 10.9 Å². The second-order valence-corrected chi connectivity index (χ2v) is 10.8. The first-order chi connectivity index (χ1) is 13.6. The first-order valence-electron chi connectivity index (χ1n) is 9.19. The SMILES string of the molecule is O=C([C@@H]1CSCN1S(=O)(=O)c1ccccc1-c1ccccc1)N1CCSCC1. The van der Waals surface area contributed by atoms with Gasteiger partial charge in [0.1, 0.15) is 6.04 Å². The highest BCUT2D eigenvalue weighted by Crippen LogP contribution is 2.34. The maximum absolute atomic E-state index is 13.6. The Balaban J connectivity index is 1.68. The van der Waals surface area contributed by atoms with E-state index in [4.69, 9.17) is 0 Å². The Morgan fingerprint density at radius 2 is 1.61 bits per heavy atom. The first-order valence-corrected chi connectivity index (χ1v) is 12.9. The van der Waals surface area contributed by atoms with Crippen LogP contribution < -0.4 is 0 Å². The van der Waals surface area contributed by atoms with Gasteiger partial charge >= 0.3 is 0 Å². The van der Waals surface area contributed by atoms with Gasteiger partial charge in [0, 0.05) is 35.9 Å². The molecule has 2 heterocycles. The van der Waals surface area contributed by atoms with Gasteiger partial charge in [-0.25, -0.2) is 8.42 Å². The number of carbonyl (C=O) groups excluding carboxylic acids is 1. The summed E-state index contributed by atoms with van der Waals surface area (Å²) in [5.41, 5.74) is 1.52. The number of thioether (sulfide) groups is 2. The highest BCUT2D eigenvalue weighted by atomic mass is 32.2. The normalized spacial score (nSPS) is 21.0. The number of benzene rings is 2. The Hall–Kier alpha value is -1.48. The second kappa shape index (κ2) is 8.49. The monoisotopic (exact) mass is 434 g/mol. The van der Waals surface area contributed by atoms with E-state index in [9.17, 15) is 13.2 Å². The summed E-state index contributed by atoms with van der Waals surface area (Å²) in [5, 5.41) is 0. The lowest BCUT2D eigenvalue weighted by atomic mass is 10.1. The molecule has 8 heteroatoms. The Kier molecular flexibility index (Phi) is 6.01. The Morgan fingerprint density at radius 3 is 2.36 bits per heavy atom. The molecule has 4 rings (SSSR count). The molecular formula is C20H22N2O3S3. The molecule has 0 aliphatic carbocycles. The molecule has 0 aromatic heterocycles. The Morgan fingerprint density at radius 1 is 0.929 bits per heavy atom. The maximum Gasteiger partial charge on any atom is 0.245 e. The van der Waals surface area contributed by atoms with Crippen molar-refractivity contribution in [3.63, 3.8) is 0 Å². The minimum absolute atomic E-state index is 0.0638. The van der Waals surface area contributed by atoms with Gasteiger partial charge in [-0.05, 0) is 11.6 Å². The highest BCUT2D eigenvalue weighted by Gasteiger charge is 2.42. The quantitative estimate of drug-likeness (QED) is 0.740. The summed E-state index contributed by atoms with van der Waals surface area (Å²) in [7, 11) is -3.79. The van der Waals surface area contributed by atoms with Crippen LogP contribution >= 0.6 is 23.5 Å². The van der Waals surface area contributed by atoms with Gasteiger partial charge in [0.25, 0.3) is 0 Å². The van der Waals surface area contributed by atoms with Crippen molar-refractivity contribution in [2.24, 2.45) is 0 Å². The zero-order chi connectivity index (χ0) is 19.6. The van der Waals surface area contributed by atoms with Crippen LogP contribution in [-0.2, 0) is 14.8 Å². The van der Waals surface area contributed by atoms with Crippen LogP contribution in [0, 0.1) is 0 Å². The summed E-state index contributed by atoms with van der Waals surface area (Å²) < 4.78 is 28.5. The van der Waals surface area contributed by atoms with Crippen molar-refractivity contribution in [2.75, 3.05) is 36.2 Å². The van der Waals surface area contributed by atoms with Crippen molar-refractivity contribution in [1.82, 2.24) is 9.21 Å². The van der Waals surface area contributed by atoms with Crippen molar-refractivity contribution in [3.05, 3.63) is 54.6 Å². The van der Waals surface area contributed by atoms with E-state index in [0.29, 0.717) is 30.3 Å². The predicted octanol–water partition coefficient (Wildman–Crippen LogP) is 2.99. The molecule has 28 heavy (non-hydrogen) atoms. The van der Waals surface area contributed by atoms with Gasteiger partial charge in [0.15, 0.2) is 0 Å². The van der Waals surface area contributed by atoms with Gasteiger partial charge < -0.3 is 4.90 Å². The summed E-state index contributed by atoms with van der Waals surface area (Å²) in [4.78, 5) is 15.1. The highest BCUT2D eigenvalue weighted by molar-refractivity contribution is 8.00. The summed E-state index contributed by atoms with van der Waals surface area (Å²) in [6.07, 6.45) is 0. The minimum atomic E-state index is -3.79. The van der Waals surface area contributed by atoms with Crippen LogP contribution in [0.15, 0.2) is 59.5 Å². The van der Waals surface area contributed by atoms with E-state index >= 15 is 0 Å². The van der Waals surface area contributed by atoms with Gasteiger partial charge in [-0.2, -0.15) is 16.1 Å². The summed E-state index contributed by atoms with van der Waals surface area (Å²) >= 11 is 3.33. The molecule has 2 aliphatic rings. The van der Waals surface area contributed by atoms with Crippen LogP contribution in [0.1, 0.15) is 0 Å². The average Bonchev–Trinajstić information content (AvgIpc) is 3.25. The molecule has 0 unspecified atom stereocenters. The maximum atomic E-state index is 13.6. The van der Waals surface area contributed by atoms with E-state index in [1.54, 1.807) is 12.1 Å². The molecule has 0 spiro atoms. The lowest BCUT2D eigenvalue weighted by Gasteiger charge is -2.31. The number of sulfonamides is 1. The molecule has 1 atom stereocenters. The van der Waals surface area contributed by atoms with E-state index in [1.807, 2.05) is 59.1 Å². The number of carbonyl (C=O) groups is 1. The standard InChI is InChI=1S/C20H22N2O3S3/c23-20(21-10-12-26-13-11-21)18-14-27-15-22(18)28(24,25)19-9-5-4-8-17(19)16-6-2-1-3-7-16/h1-9,18H,10-15H2/t18-/m0/s1. The van der Waals surface area contributed by atoms with Crippen LogP contribution in [0.5, 0.6) is 0 Å². The van der Waals surface area contributed by atoms with Crippen LogP contribution in [0.25, 0.3) is 11.1 Å². The molecule has 0 radical (unpaired) electrons. The molecule has 2 fully saturated rings. The lowest BCUT2D eigenvalue weighted by Crippen LogP contribution is -2.51. The van der Waals surface area contributed by atoms with Gasteiger partial charge in [0.2, 0.25) is 15.9 Å². The largest absolute Gasteiger partial charge is 0.340 e. The predicted molar refractivity (Wildman–Crippen MR) is 116 cm³/mol. The van der Waals surface area contributed by atoms with Crippen LogP contribution in [0.4, 0.5) is 0 Å². The van der Waals surface area contributed by atoms with Crippen molar-refractivity contribution >= 4 is 39.5 Å². The van der Waals surface area contributed by atoms with E-state index in [1.165, 1.54) is 16.1 Å². The third-order valence-corrected chi connectivity index (χ3v) is 9.04. The zero-order valence-electron chi connectivity index (χ0n) is 15.4. The number of rotatable bonds is 4. The van der Waals surface area contributed by atoms with Gasteiger partial charge in [-0.15, -0.1) is 11.8 Å². The van der Waals surface area contributed by atoms with E-state index in [-0.39, 0.29) is 10.8 Å².